The summed E-state index contributed by atoms with van der Waals surface area (Å²) in [6, 6.07) is 14.4. The molecule has 4 heterocycles. The smallest absolute Gasteiger partial charge is 0.264 e. The number of ether oxygens (including phenoxy) is 1. The number of carbonyl (C=O) groups is 1. The largest absolute Gasteiger partial charge is 0.457 e. The molecule has 0 saturated carbocycles. The standard InChI is InChI=1S/C33H37F2N5O3/c1-21-27-18-26(43-30-7-9-36-33-29(30)17-25(20-41)37-33)6-5-23(27)8-10-40(21)31(42)16-22-3-4-24(28(15-22)32(34)35)19-39-13-11-38(2)12-14-39/h3-7,9,15,17-18,21,32,41H,8,10-14,16,19-20H2,1-2H3,(H,36,37)/t21-/m0/s1. The highest BCUT2D eigenvalue weighted by Crippen LogP contribution is 2.36. The zero-order valence-electron chi connectivity index (χ0n) is 24.5. The Morgan fingerprint density at radius 1 is 1.09 bits per heavy atom. The van der Waals surface area contributed by atoms with Gasteiger partial charge in [0, 0.05) is 56.7 Å². The minimum absolute atomic E-state index is 0.0156. The zero-order valence-corrected chi connectivity index (χ0v) is 24.5. The zero-order chi connectivity index (χ0) is 30.1. The minimum atomic E-state index is -2.60. The summed E-state index contributed by atoms with van der Waals surface area (Å²) in [5, 5.41) is 10.3. The topological polar surface area (TPSA) is 84.9 Å². The monoisotopic (exact) mass is 589 g/mol. The van der Waals surface area contributed by atoms with Crippen molar-refractivity contribution >= 4 is 16.9 Å². The summed E-state index contributed by atoms with van der Waals surface area (Å²) in [5.41, 5.74) is 4.69. The molecule has 1 saturated heterocycles. The molecule has 0 radical (unpaired) electrons. The molecule has 1 fully saturated rings. The molecule has 43 heavy (non-hydrogen) atoms. The molecule has 6 rings (SSSR count). The maximum absolute atomic E-state index is 14.1. The van der Waals surface area contributed by atoms with Crippen LogP contribution in [0.3, 0.4) is 0 Å². The second-order valence-corrected chi connectivity index (χ2v) is 11.6. The Hall–Kier alpha value is -3.86. The molecule has 4 aromatic rings. The van der Waals surface area contributed by atoms with Crippen LogP contribution >= 0.6 is 0 Å². The first-order valence-electron chi connectivity index (χ1n) is 14.8. The SMILES string of the molecule is C[C@H]1c2cc(Oc3ccnc4[nH]c(CO)cc34)ccc2CCN1C(=O)Cc1ccc(CN2CCN(C)CC2)c(C(F)F)c1. The van der Waals surface area contributed by atoms with Crippen molar-refractivity contribution in [2.45, 2.75) is 45.4 Å². The number of halogens is 2. The van der Waals surface area contributed by atoms with Gasteiger partial charge in [0.15, 0.2) is 0 Å². The van der Waals surface area contributed by atoms with Crippen LogP contribution in [0.4, 0.5) is 8.78 Å². The Balaban J connectivity index is 1.16. The molecular formula is C33H37F2N5O3. The van der Waals surface area contributed by atoms with Crippen LogP contribution in [0.2, 0.25) is 0 Å². The molecule has 0 spiro atoms. The molecule has 2 aromatic heterocycles. The van der Waals surface area contributed by atoms with Crippen LogP contribution in [0.5, 0.6) is 11.5 Å². The van der Waals surface area contributed by atoms with E-state index < -0.39 is 6.43 Å². The second kappa shape index (κ2) is 12.4. The van der Waals surface area contributed by atoms with Gasteiger partial charge in [0.25, 0.3) is 6.43 Å². The average Bonchev–Trinajstić information content (AvgIpc) is 3.44. The van der Waals surface area contributed by atoms with Gasteiger partial charge >= 0.3 is 0 Å². The molecule has 2 aliphatic rings. The summed E-state index contributed by atoms with van der Waals surface area (Å²) in [4.78, 5) is 27.2. The summed E-state index contributed by atoms with van der Waals surface area (Å²) in [5.74, 6) is 1.16. The molecule has 8 nitrogen and oxygen atoms in total. The number of aromatic nitrogens is 2. The fourth-order valence-corrected chi connectivity index (χ4v) is 6.18. The van der Waals surface area contributed by atoms with Gasteiger partial charge in [-0.05, 0) is 73.0 Å². The predicted molar refractivity (Wildman–Crippen MR) is 160 cm³/mol. The van der Waals surface area contributed by atoms with Crippen molar-refractivity contribution in [1.82, 2.24) is 24.7 Å². The van der Waals surface area contributed by atoms with Crippen LogP contribution < -0.4 is 4.74 Å². The van der Waals surface area contributed by atoms with Gasteiger partial charge < -0.3 is 24.6 Å². The Morgan fingerprint density at radius 3 is 2.67 bits per heavy atom. The van der Waals surface area contributed by atoms with E-state index in [0.29, 0.717) is 53.5 Å². The molecule has 1 amide bonds. The van der Waals surface area contributed by atoms with E-state index in [4.69, 9.17) is 4.74 Å². The summed E-state index contributed by atoms with van der Waals surface area (Å²) in [6.45, 7) is 6.47. The average molecular weight is 590 g/mol. The normalized spacial score (nSPS) is 17.9. The van der Waals surface area contributed by atoms with Crippen LogP contribution in [-0.2, 0) is 30.8 Å². The number of aliphatic hydroxyl groups excluding tert-OH is 1. The number of amides is 1. The van der Waals surface area contributed by atoms with E-state index in [9.17, 15) is 18.7 Å². The quantitative estimate of drug-likeness (QED) is 0.293. The summed E-state index contributed by atoms with van der Waals surface area (Å²) in [7, 11) is 2.07. The number of nitrogens with one attached hydrogen (secondary N) is 1. The number of alkyl halides is 2. The van der Waals surface area contributed by atoms with Gasteiger partial charge in [-0.1, -0.05) is 18.2 Å². The van der Waals surface area contributed by atoms with Gasteiger partial charge in [-0.15, -0.1) is 0 Å². The first-order chi connectivity index (χ1) is 20.8. The Morgan fingerprint density at radius 2 is 1.91 bits per heavy atom. The number of hydrogen-bond donors (Lipinski definition) is 2. The molecular weight excluding hydrogens is 552 g/mol. The number of nitrogens with zero attached hydrogens (tertiary/aromatic N) is 4. The molecule has 2 aliphatic heterocycles. The molecule has 0 bridgehead atoms. The number of likely N-dealkylation sites (N-methyl/N-ethyl adjacent to an activating group) is 1. The summed E-state index contributed by atoms with van der Waals surface area (Å²) >= 11 is 0. The van der Waals surface area contributed by atoms with Crippen molar-refractivity contribution in [3.8, 4) is 11.5 Å². The van der Waals surface area contributed by atoms with Gasteiger partial charge in [0.05, 0.1) is 24.5 Å². The van der Waals surface area contributed by atoms with Gasteiger partial charge in [-0.3, -0.25) is 9.69 Å². The lowest BCUT2D eigenvalue weighted by molar-refractivity contribution is -0.133. The fraction of sp³-hybridized carbons (Fsp3) is 0.394. The van der Waals surface area contributed by atoms with E-state index >= 15 is 0 Å². The predicted octanol–water partition coefficient (Wildman–Crippen LogP) is 5.22. The third-order valence-electron chi connectivity index (χ3n) is 8.71. The lowest BCUT2D eigenvalue weighted by atomic mass is 9.92. The highest BCUT2D eigenvalue weighted by atomic mass is 19.3. The minimum Gasteiger partial charge on any atom is -0.457 e. The van der Waals surface area contributed by atoms with E-state index in [1.54, 1.807) is 18.3 Å². The number of piperazine rings is 1. The number of benzene rings is 2. The fourth-order valence-electron chi connectivity index (χ4n) is 6.18. The van der Waals surface area contributed by atoms with E-state index in [0.717, 1.165) is 42.7 Å². The summed E-state index contributed by atoms with van der Waals surface area (Å²) in [6.07, 6.45) is -0.176. The first kappa shape index (κ1) is 29.2. The number of aromatic amines is 1. The van der Waals surface area contributed by atoms with Crippen molar-refractivity contribution in [2.24, 2.45) is 0 Å². The van der Waals surface area contributed by atoms with Gasteiger partial charge in [0.2, 0.25) is 5.91 Å². The van der Waals surface area contributed by atoms with Gasteiger partial charge in [-0.2, -0.15) is 0 Å². The molecule has 0 unspecified atom stereocenters. The maximum Gasteiger partial charge on any atom is 0.264 e. The Bertz CT molecular complexity index is 1620. The lowest BCUT2D eigenvalue weighted by Gasteiger charge is -2.35. The number of fused-ring (bicyclic) bond motifs is 2. The third kappa shape index (κ3) is 6.27. The van der Waals surface area contributed by atoms with Gasteiger partial charge in [-0.25, -0.2) is 13.8 Å². The van der Waals surface area contributed by atoms with Crippen LogP contribution in [0.15, 0.2) is 54.7 Å². The highest BCUT2D eigenvalue weighted by Gasteiger charge is 2.29. The summed E-state index contributed by atoms with van der Waals surface area (Å²) < 4.78 is 34.4. The Labute approximate surface area is 249 Å². The number of rotatable bonds is 8. The molecule has 226 valence electrons. The number of aliphatic hydroxyl groups is 1. The molecule has 0 aliphatic carbocycles. The Kier molecular flexibility index (Phi) is 8.43. The number of carbonyl (C=O) groups excluding carboxylic acids is 1. The number of H-pyrrole nitrogens is 1. The number of hydrogen-bond acceptors (Lipinski definition) is 6. The second-order valence-electron chi connectivity index (χ2n) is 11.6. The third-order valence-corrected chi connectivity index (χ3v) is 8.71. The van der Waals surface area contributed by atoms with Crippen LogP contribution in [-0.4, -0.2) is 75.5 Å². The van der Waals surface area contributed by atoms with E-state index in [1.807, 2.05) is 42.2 Å². The van der Waals surface area contributed by atoms with E-state index in [2.05, 4.69) is 26.8 Å². The van der Waals surface area contributed by atoms with E-state index in [-0.39, 0.29) is 30.5 Å². The van der Waals surface area contributed by atoms with Crippen molar-refractivity contribution in [3.63, 3.8) is 0 Å². The molecule has 10 heteroatoms. The first-order valence-corrected chi connectivity index (χ1v) is 14.8. The maximum atomic E-state index is 14.1. The van der Waals surface area contributed by atoms with Crippen LogP contribution in [0.25, 0.3) is 11.0 Å². The molecule has 1 atom stereocenters. The van der Waals surface area contributed by atoms with Crippen molar-refractivity contribution in [2.75, 3.05) is 39.8 Å². The van der Waals surface area contributed by atoms with Crippen LogP contribution in [0.1, 0.15) is 52.9 Å². The molecule has 2 aromatic carbocycles. The van der Waals surface area contributed by atoms with Gasteiger partial charge in [0.1, 0.15) is 17.1 Å². The number of pyridine rings is 1. The van der Waals surface area contributed by atoms with E-state index in [1.165, 1.54) is 6.07 Å². The van der Waals surface area contributed by atoms with Crippen molar-refractivity contribution in [3.05, 3.63) is 88.2 Å². The molecule has 2 N–H and O–H groups in total. The van der Waals surface area contributed by atoms with Crippen molar-refractivity contribution in [1.29, 1.82) is 0 Å². The highest BCUT2D eigenvalue weighted by molar-refractivity contribution is 5.83. The van der Waals surface area contributed by atoms with Crippen molar-refractivity contribution < 1.29 is 23.4 Å². The van der Waals surface area contributed by atoms with Crippen LogP contribution in [0, 0.1) is 0 Å². The lowest BCUT2D eigenvalue weighted by Crippen LogP contribution is -2.44.